The number of ether oxygens (including phenoxy) is 1. The van der Waals surface area contributed by atoms with Crippen LogP contribution in [0.3, 0.4) is 0 Å². The fourth-order valence-corrected chi connectivity index (χ4v) is 4.19. The molecule has 8 heteroatoms. The first-order valence-corrected chi connectivity index (χ1v) is 11.1. The van der Waals surface area contributed by atoms with E-state index in [9.17, 15) is 18.7 Å². The summed E-state index contributed by atoms with van der Waals surface area (Å²) in [5.41, 5.74) is 2.67. The van der Waals surface area contributed by atoms with Crippen LogP contribution in [0, 0.1) is 17.6 Å². The summed E-state index contributed by atoms with van der Waals surface area (Å²) in [6.45, 7) is 6.48. The number of hydrogen-bond acceptors (Lipinski definition) is 4. The molecule has 1 heterocycles. The van der Waals surface area contributed by atoms with Crippen LogP contribution in [0.15, 0.2) is 36.4 Å². The number of halogens is 3. The number of aliphatic hydroxyl groups excluding tert-OH is 1. The maximum Gasteiger partial charge on any atom is 0.217 e. The van der Waals surface area contributed by atoms with Crippen LogP contribution in [0.5, 0.6) is 5.75 Å². The molecule has 182 valence electrons. The molecule has 3 N–H and O–H groups in total. The predicted molar refractivity (Wildman–Crippen MR) is 127 cm³/mol. The molecule has 3 rings (SSSR count). The predicted octanol–water partition coefficient (Wildman–Crippen LogP) is 4.11. The van der Waals surface area contributed by atoms with E-state index in [1.807, 2.05) is 6.07 Å². The highest BCUT2D eigenvalue weighted by atomic mass is 35.5. The lowest BCUT2D eigenvalue weighted by molar-refractivity contribution is -0.120. The van der Waals surface area contributed by atoms with Gasteiger partial charge in [0.2, 0.25) is 5.91 Å². The van der Waals surface area contributed by atoms with Gasteiger partial charge in [-0.05, 0) is 48.1 Å². The summed E-state index contributed by atoms with van der Waals surface area (Å²) in [6.07, 6.45) is 0.887. The quantitative estimate of drug-likeness (QED) is 0.503. The van der Waals surface area contributed by atoms with Crippen LogP contribution in [0.2, 0.25) is 0 Å². The van der Waals surface area contributed by atoms with Crippen LogP contribution in [0.4, 0.5) is 8.78 Å². The smallest absolute Gasteiger partial charge is 0.217 e. The van der Waals surface area contributed by atoms with Gasteiger partial charge in [0.25, 0.3) is 0 Å². The fraction of sp³-hybridized carbons (Fsp3) is 0.480. The highest BCUT2D eigenvalue weighted by molar-refractivity contribution is 5.85. The van der Waals surface area contributed by atoms with Crippen molar-refractivity contribution in [1.82, 2.24) is 10.6 Å². The van der Waals surface area contributed by atoms with Crippen molar-refractivity contribution in [3.8, 4) is 5.75 Å². The average molecular weight is 483 g/mol. The molecule has 1 aliphatic rings. The minimum absolute atomic E-state index is 0. The van der Waals surface area contributed by atoms with Crippen molar-refractivity contribution in [3.05, 3.63) is 64.7 Å². The number of benzene rings is 2. The summed E-state index contributed by atoms with van der Waals surface area (Å²) in [5, 5.41) is 16.9. The molecule has 1 aliphatic heterocycles. The van der Waals surface area contributed by atoms with Crippen LogP contribution >= 0.6 is 12.4 Å². The molecule has 0 fully saturated rings. The number of carbonyl (C=O) groups excluding carboxylic acids is 1. The summed E-state index contributed by atoms with van der Waals surface area (Å²) >= 11 is 0. The van der Waals surface area contributed by atoms with Gasteiger partial charge in [-0.3, -0.25) is 4.79 Å². The first-order valence-electron chi connectivity index (χ1n) is 11.1. The van der Waals surface area contributed by atoms with Crippen molar-refractivity contribution in [1.29, 1.82) is 0 Å². The Morgan fingerprint density at radius 3 is 2.45 bits per heavy atom. The normalized spacial score (nSPS) is 16.9. The second-order valence-electron chi connectivity index (χ2n) is 8.92. The van der Waals surface area contributed by atoms with E-state index in [0.717, 1.165) is 30.2 Å². The third kappa shape index (κ3) is 7.95. The van der Waals surface area contributed by atoms with Gasteiger partial charge >= 0.3 is 0 Å². The lowest BCUT2D eigenvalue weighted by Gasteiger charge is -2.30. The number of carbonyl (C=O) groups is 1. The maximum absolute atomic E-state index is 13.6. The molecule has 0 spiro atoms. The number of rotatable bonds is 9. The molecular weight excluding hydrogens is 450 g/mol. The van der Waals surface area contributed by atoms with Gasteiger partial charge in [0.1, 0.15) is 17.4 Å². The van der Waals surface area contributed by atoms with Crippen molar-refractivity contribution in [2.75, 3.05) is 13.2 Å². The topological polar surface area (TPSA) is 70.6 Å². The van der Waals surface area contributed by atoms with Crippen molar-refractivity contribution in [2.45, 2.75) is 58.2 Å². The van der Waals surface area contributed by atoms with Gasteiger partial charge in [-0.15, -0.1) is 12.4 Å². The van der Waals surface area contributed by atoms with Crippen molar-refractivity contribution >= 4 is 18.3 Å². The van der Waals surface area contributed by atoms with Gasteiger partial charge in [0.05, 0.1) is 18.8 Å². The van der Waals surface area contributed by atoms with E-state index in [2.05, 4.69) is 36.6 Å². The zero-order chi connectivity index (χ0) is 23.3. The molecule has 1 amide bonds. The fourth-order valence-electron chi connectivity index (χ4n) is 4.19. The molecule has 0 radical (unpaired) electrons. The zero-order valence-electron chi connectivity index (χ0n) is 19.2. The Hall–Kier alpha value is -2.22. The van der Waals surface area contributed by atoms with Gasteiger partial charge in [-0.25, -0.2) is 8.78 Å². The largest absolute Gasteiger partial charge is 0.493 e. The number of aliphatic hydroxyl groups is 1. The standard InChI is InChI=1S/C25H32F2N2O3.ClH/c1-15(2)8-17-4-5-25-21(11-17)22(6-7-32-25)28-14-24(31)23(29-16(3)30)12-18-9-19(26)13-20(27)10-18;/h4-5,9-11,13,15,22-24,28,31H,6-8,12,14H2,1-3H3,(H,29,30);1H/t22-,23-,24-;/m0./s1. The highest BCUT2D eigenvalue weighted by Gasteiger charge is 2.26. The van der Waals surface area contributed by atoms with Gasteiger partial charge in [-0.1, -0.05) is 26.0 Å². The molecule has 5 nitrogen and oxygen atoms in total. The molecule has 2 aromatic rings. The molecular formula is C25H33ClF2N2O3. The van der Waals surface area contributed by atoms with Crippen LogP contribution in [0.25, 0.3) is 0 Å². The molecule has 2 aromatic carbocycles. The second kappa shape index (κ2) is 12.3. The Labute approximate surface area is 200 Å². The third-order valence-corrected chi connectivity index (χ3v) is 5.56. The molecule has 0 aliphatic carbocycles. The molecule has 0 bridgehead atoms. The van der Waals surface area contributed by atoms with Crippen molar-refractivity contribution < 1.29 is 23.4 Å². The van der Waals surface area contributed by atoms with Crippen molar-refractivity contribution in [2.24, 2.45) is 5.92 Å². The summed E-state index contributed by atoms with van der Waals surface area (Å²) in [4.78, 5) is 11.7. The number of fused-ring (bicyclic) bond motifs is 1. The average Bonchev–Trinajstić information content (AvgIpc) is 2.70. The minimum atomic E-state index is -0.949. The Morgan fingerprint density at radius 1 is 1.12 bits per heavy atom. The lowest BCUT2D eigenvalue weighted by Crippen LogP contribution is -2.48. The summed E-state index contributed by atoms with van der Waals surface area (Å²) < 4.78 is 32.9. The van der Waals surface area contributed by atoms with Crippen LogP contribution in [0.1, 0.15) is 49.9 Å². The molecule has 0 aromatic heterocycles. The van der Waals surface area contributed by atoms with E-state index >= 15 is 0 Å². The number of amides is 1. The number of hydrogen-bond donors (Lipinski definition) is 3. The van der Waals surface area contributed by atoms with Crippen LogP contribution < -0.4 is 15.4 Å². The Kier molecular flexibility index (Phi) is 10.1. The lowest BCUT2D eigenvalue weighted by atomic mass is 9.94. The van der Waals surface area contributed by atoms with E-state index in [1.165, 1.54) is 24.6 Å². The van der Waals surface area contributed by atoms with Crippen LogP contribution in [-0.4, -0.2) is 36.3 Å². The van der Waals surface area contributed by atoms with E-state index in [4.69, 9.17) is 4.74 Å². The molecule has 0 saturated heterocycles. The van der Waals surface area contributed by atoms with Crippen molar-refractivity contribution in [3.63, 3.8) is 0 Å². The second-order valence-corrected chi connectivity index (χ2v) is 8.92. The van der Waals surface area contributed by atoms with Gasteiger partial charge < -0.3 is 20.5 Å². The molecule has 33 heavy (non-hydrogen) atoms. The van der Waals surface area contributed by atoms with E-state index in [1.54, 1.807) is 0 Å². The maximum atomic E-state index is 13.6. The van der Waals surface area contributed by atoms with Gasteiger partial charge in [0.15, 0.2) is 0 Å². The third-order valence-electron chi connectivity index (χ3n) is 5.56. The Bertz CT molecular complexity index is 922. The first-order chi connectivity index (χ1) is 15.2. The van der Waals surface area contributed by atoms with Gasteiger partial charge in [0, 0.05) is 37.6 Å². The monoisotopic (exact) mass is 482 g/mol. The minimum Gasteiger partial charge on any atom is -0.493 e. The highest BCUT2D eigenvalue weighted by Crippen LogP contribution is 2.33. The summed E-state index contributed by atoms with van der Waals surface area (Å²) in [7, 11) is 0. The van der Waals surface area contributed by atoms with E-state index < -0.39 is 23.8 Å². The van der Waals surface area contributed by atoms with Gasteiger partial charge in [-0.2, -0.15) is 0 Å². The molecule has 0 saturated carbocycles. The Balaban J connectivity index is 0.00000385. The summed E-state index contributed by atoms with van der Waals surface area (Å²) in [5.74, 6) is -0.322. The molecule has 0 unspecified atom stereocenters. The summed E-state index contributed by atoms with van der Waals surface area (Å²) in [6, 6.07) is 8.77. The first kappa shape index (κ1) is 27.0. The Morgan fingerprint density at radius 2 is 1.82 bits per heavy atom. The molecule has 3 atom stereocenters. The van der Waals surface area contributed by atoms with E-state index in [-0.39, 0.29) is 37.3 Å². The SMILES string of the molecule is CC(=O)N[C@@H](Cc1cc(F)cc(F)c1)[C@@H](O)CN[C@H]1CCOc2ccc(CC(C)C)cc21.Cl. The number of nitrogens with one attached hydrogen (secondary N) is 2. The van der Waals surface area contributed by atoms with Crippen LogP contribution in [-0.2, 0) is 17.6 Å². The van der Waals surface area contributed by atoms with E-state index in [0.29, 0.717) is 18.1 Å². The zero-order valence-corrected chi connectivity index (χ0v) is 20.1.